The van der Waals surface area contributed by atoms with E-state index in [1.54, 1.807) is 0 Å². The lowest BCUT2D eigenvalue weighted by atomic mass is 10.2. The van der Waals surface area contributed by atoms with Crippen LogP contribution in [0.5, 0.6) is 0 Å². The van der Waals surface area contributed by atoms with Crippen LogP contribution in [0.15, 0.2) is 30.3 Å². The number of rotatable bonds is 3. The zero-order chi connectivity index (χ0) is 10.4. The number of hydrogen-bond acceptors (Lipinski definition) is 3. The molecule has 0 aliphatic carbocycles. The second kappa shape index (κ2) is 5.39. The number of carbonyl (C=O) groups excluding carboxylic acids is 1. The first-order valence-corrected chi connectivity index (χ1v) is 5.50. The van der Waals surface area contributed by atoms with Crippen molar-refractivity contribution < 1.29 is 13.2 Å². The summed E-state index contributed by atoms with van der Waals surface area (Å²) in [6.07, 6.45) is 0.622. The van der Waals surface area contributed by atoms with Gasteiger partial charge in [-0.05, 0) is 5.56 Å². The van der Waals surface area contributed by atoms with Crippen LogP contribution in [0.25, 0.3) is 0 Å². The Morgan fingerprint density at radius 1 is 1.43 bits per heavy atom. The largest absolute Gasteiger partial charge is 0.421 e. The average Bonchev–Trinajstić information content (AvgIpc) is 2.15. The molecule has 0 radical (unpaired) electrons. The van der Waals surface area contributed by atoms with Crippen molar-refractivity contribution in [2.24, 2.45) is 0 Å². The summed E-state index contributed by atoms with van der Waals surface area (Å²) in [6.45, 7) is 0.372. The molecule has 0 spiro atoms. The van der Waals surface area contributed by atoms with E-state index in [1.165, 1.54) is 6.26 Å². The van der Waals surface area contributed by atoms with E-state index in [-0.39, 0.29) is 0 Å². The number of nitrogens with one attached hydrogen (secondary N) is 1. The molecule has 0 aromatic heterocycles. The lowest BCUT2D eigenvalue weighted by Gasteiger charge is -2.03. The maximum absolute atomic E-state index is 10.9. The highest BCUT2D eigenvalue weighted by Crippen LogP contribution is 1.97. The van der Waals surface area contributed by atoms with Crippen LogP contribution >= 0.6 is 0 Å². The van der Waals surface area contributed by atoms with Gasteiger partial charge in [0.1, 0.15) is 0 Å². The number of hydrogen-bond donors (Lipinski definition) is 1. The zero-order valence-electron chi connectivity index (χ0n) is 7.73. The zero-order valence-corrected chi connectivity index (χ0v) is 8.54. The van der Waals surface area contributed by atoms with Crippen molar-refractivity contribution in [3.8, 4) is 0 Å². The van der Waals surface area contributed by atoms with Gasteiger partial charge in [0.25, 0.3) is 0 Å². The lowest BCUT2D eigenvalue weighted by Crippen LogP contribution is -2.24. The van der Waals surface area contributed by atoms with E-state index in [4.69, 9.17) is 0 Å². The van der Waals surface area contributed by atoms with Crippen molar-refractivity contribution in [1.29, 1.82) is 0 Å². The maximum atomic E-state index is 10.9. The Balaban J connectivity index is 2.34. The minimum absolute atomic E-state index is 0.372. The van der Waals surface area contributed by atoms with Gasteiger partial charge in [0.2, 0.25) is 11.1 Å². The van der Waals surface area contributed by atoms with E-state index in [0.29, 0.717) is 6.54 Å². The van der Waals surface area contributed by atoms with Gasteiger partial charge in [0.15, 0.2) is 0 Å². The molecule has 1 N–H and O–H groups in total. The predicted octanol–water partition coefficient (Wildman–Crippen LogP) is 1.21. The van der Waals surface area contributed by atoms with Crippen molar-refractivity contribution in [3.63, 3.8) is 0 Å². The number of benzene rings is 1. The molecule has 1 rings (SSSR count). The molecule has 5 heteroatoms. The molecule has 0 aliphatic rings. The average molecular weight is 213 g/mol. The van der Waals surface area contributed by atoms with Gasteiger partial charge in [-0.1, -0.05) is 30.3 Å². The summed E-state index contributed by atoms with van der Waals surface area (Å²) in [5, 5.41) is 2.48. The van der Waals surface area contributed by atoms with Gasteiger partial charge in [-0.25, -0.2) is 9.00 Å². The Bertz CT molecular complexity index is 326. The fraction of sp³-hybridized carbons (Fsp3) is 0.222. The third-order valence-electron chi connectivity index (χ3n) is 1.47. The van der Waals surface area contributed by atoms with E-state index in [0.717, 1.165) is 5.56 Å². The van der Waals surface area contributed by atoms with Crippen molar-refractivity contribution in [3.05, 3.63) is 35.9 Å². The molecular weight excluding hydrogens is 202 g/mol. The van der Waals surface area contributed by atoms with E-state index >= 15 is 0 Å². The maximum Gasteiger partial charge on any atom is 0.421 e. The van der Waals surface area contributed by atoms with Crippen LogP contribution in [0.1, 0.15) is 5.56 Å². The SMILES string of the molecule is CS(=O)OC(=O)NCc1ccccc1. The van der Waals surface area contributed by atoms with Crippen LogP contribution in [-0.4, -0.2) is 16.6 Å². The molecule has 1 aromatic rings. The highest BCUT2D eigenvalue weighted by Gasteiger charge is 2.03. The van der Waals surface area contributed by atoms with Gasteiger partial charge in [-0.3, -0.25) is 0 Å². The van der Waals surface area contributed by atoms with Crippen molar-refractivity contribution >= 4 is 17.2 Å². The molecule has 0 saturated carbocycles. The molecule has 1 unspecified atom stereocenters. The monoisotopic (exact) mass is 213 g/mol. The summed E-state index contributed by atoms with van der Waals surface area (Å²) in [6, 6.07) is 9.40. The summed E-state index contributed by atoms with van der Waals surface area (Å²) < 4.78 is 14.9. The van der Waals surface area contributed by atoms with Crippen LogP contribution in [0, 0.1) is 0 Å². The van der Waals surface area contributed by atoms with E-state index < -0.39 is 17.2 Å². The molecule has 1 atom stereocenters. The third-order valence-corrected chi connectivity index (χ3v) is 1.86. The highest BCUT2D eigenvalue weighted by atomic mass is 32.2. The first kappa shape index (κ1) is 10.7. The molecule has 0 bridgehead atoms. The topological polar surface area (TPSA) is 55.4 Å². The number of carbonyl (C=O) groups is 1. The molecule has 0 saturated heterocycles. The first-order valence-electron chi connectivity index (χ1n) is 4.02. The molecule has 0 fully saturated rings. The van der Waals surface area contributed by atoms with Crippen LogP contribution in [-0.2, 0) is 21.8 Å². The lowest BCUT2D eigenvalue weighted by molar-refractivity contribution is 0.205. The van der Waals surface area contributed by atoms with Gasteiger partial charge < -0.3 is 9.50 Å². The van der Waals surface area contributed by atoms with Crippen LogP contribution < -0.4 is 5.32 Å². The van der Waals surface area contributed by atoms with Crippen molar-refractivity contribution in [2.75, 3.05) is 6.26 Å². The number of amides is 1. The minimum atomic E-state index is -1.57. The van der Waals surface area contributed by atoms with Crippen molar-refractivity contribution in [1.82, 2.24) is 5.32 Å². The summed E-state index contributed by atoms with van der Waals surface area (Å²) in [5.74, 6) is 0. The van der Waals surface area contributed by atoms with Crippen molar-refractivity contribution in [2.45, 2.75) is 6.54 Å². The molecule has 1 amide bonds. The van der Waals surface area contributed by atoms with Gasteiger partial charge >= 0.3 is 6.09 Å². The second-order valence-corrected chi connectivity index (χ2v) is 3.58. The normalized spacial score (nSPS) is 11.8. The van der Waals surface area contributed by atoms with Crippen LogP contribution in [0.4, 0.5) is 4.79 Å². The Hall–Kier alpha value is -1.36. The molecule has 1 aromatic carbocycles. The fourth-order valence-electron chi connectivity index (χ4n) is 0.906. The summed E-state index contributed by atoms with van der Waals surface area (Å²) in [7, 11) is 0. The van der Waals surface area contributed by atoms with Gasteiger partial charge in [0, 0.05) is 12.8 Å². The summed E-state index contributed by atoms with van der Waals surface area (Å²) in [5.41, 5.74) is 0.964. The standard InChI is InChI=1S/C9H11NO3S/c1-14(12)13-9(11)10-7-8-5-3-2-4-6-8/h2-6H,7H2,1H3,(H,10,11). The van der Waals surface area contributed by atoms with Gasteiger partial charge in [0.05, 0.1) is 0 Å². The quantitative estimate of drug-likeness (QED) is 0.821. The van der Waals surface area contributed by atoms with E-state index in [2.05, 4.69) is 9.50 Å². The molecule has 0 heterocycles. The molecule has 76 valence electrons. The fourth-order valence-corrected chi connectivity index (χ4v) is 1.18. The Morgan fingerprint density at radius 3 is 2.64 bits per heavy atom. The summed E-state index contributed by atoms with van der Waals surface area (Å²) in [4.78, 5) is 10.9. The van der Waals surface area contributed by atoms with Gasteiger partial charge in [-0.2, -0.15) is 0 Å². The van der Waals surface area contributed by atoms with Crippen LogP contribution in [0.2, 0.25) is 0 Å². The van der Waals surface area contributed by atoms with Crippen LogP contribution in [0.3, 0.4) is 0 Å². The molecule has 4 nitrogen and oxygen atoms in total. The van der Waals surface area contributed by atoms with Gasteiger partial charge in [-0.15, -0.1) is 0 Å². The first-order chi connectivity index (χ1) is 6.68. The Morgan fingerprint density at radius 2 is 2.07 bits per heavy atom. The minimum Gasteiger partial charge on any atom is -0.347 e. The third kappa shape index (κ3) is 4.04. The highest BCUT2D eigenvalue weighted by molar-refractivity contribution is 7.79. The molecule has 0 aliphatic heterocycles. The molecular formula is C9H11NO3S. The Kier molecular flexibility index (Phi) is 4.12. The second-order valence-electron chi connectivity index (χ2n) is 2.61. The Labute approximate surface area is 84.9 Å². The molecule has 14 heavy (non-hydrogen) atoms. The van der Waals surface area contributed by atoms with E-state index in [9.17, 15) is 9.00 Å². The predicted molar refractivity (Wildman–Crippen MR) is 53.8 cm³/mol. The smallest absolute Gasteiger partial charge is 0.347 e. The van der Waals surface area contributed by atoms with E-state index in [1.807, 2.05) is 30.3 Å². The summed E-state index contributed by atoms with van der Waals surface area (Å²) >= 11 is -1.57.